The highest BCUT2D eigenvalue weighted by atomic mass is 35.5. The molecular weight excluding hydrogens is 381 g/mol. The zero-order chi connectivity index (χ0) is 18.7. The van der Waals surface area contributed by atoms with E-state index in [1.807, 2.05) is 0 Å². The van der Waals surface area contributed by atoms with Gasteiger partial charge in [-0.15, -0.1) is 0 Å². The summed E-state index contributed by atoms with van der Waals surface area (Å²) in [7, 11) is -3.22. The van der Waals surface area contributed by atoms with Gasteiger partial charge in [0.25, 0.3) is 0 Å². The highest BCUT2D eigenvalue weighted by Crippen LogP contribution is 2.35. The van der Waals surface area contributed by atoms with Crippen molar-refractivity contribution in [3.63, 3.8) is 0 Å². The summed E-state index contributed by atoms with van der Waals surface area (Å²) in [6.45, 7) is 0.719. The molecule has 1 N–H and O–H groups in total. The van der Waals surface area contributed by atoms with Crippen LogP contribution in [0, 0.1) is 0 Å². The molecule has 1 aromatic rings. The number of nitrogens with zero attached hydrogens (tertiary/aromatic N) is 1. The fraction of sp³-hybridized carbons (Fsp3) is 0.400. The summed E-state index contributed by atoms with van der Waals surface area (Å²) in [4.78, 5) is 11.7. The van der Waals surface area contributed by atoms with Crippen LogP contribution in [0.25, 0.3) is 6.08 Å². The van der Waals surface area contributed by atoms with Gasteiger partial charge in [-0.1, -0.05) is 17.7 Å². The van der Waals surface area contributed by atoms with E-state index in [1.54, 1.807) is 0 Å². The molecule has 0 radical (unpaired) electrons. The van der Waals surface area contributed by atoms with Crippen LogP contribution < -0.4 is 5.32 Å². The lowest BCUT2D eigenvalue weighted by molar-refractivity contribution is -0.137. The van der Waals surface area contributed by atoms with Crippen molar-refractivity contribution < 1.29 is 26.4 Å². The molecule has 0 aromatic heterocycles. The summed E-state index contributed by atoms with van der Waals surface area (Å²) >= 11 is 5.52. The molecule has 138 valence electrons. The highest BCUT2D eigenvalue weighted by molar-refractivity contribution is 7.89. The first-order valence-electron chi connectivity index (χ1n) is 7.40. The molecule has 1 saturated heterocycles. The molecule has 1 aliphatic rings. The van der Waals surface area contributed by atoms with Gasteiger partial charge in [0.1, 0.15) is 0 Å². The number of amides is 1. The van der Waals surface area contributed by atoms with Crippen LogP contribution in [-0.4, -0.2) is 44.0 Å². The van der Waals surface area contributed by atoms with Crippen molar-refractivity contribution in [1.82, 2.24) is 9.62 Å². The molecule has 0 bridgehead atoms. The number of hydrogen-bond donors (Lipinski definition) is 1. The molecule has 10 heteroatoms. The maximum Gasteiger partial charge on any atom is 0.417 e. The monoisotopic (exact) mass is 396 g/mol. The van der Waals surface area contributed by atoms with Crippen molar-refractivity contribution in [2.24, 2.45) is 0 Å². The Morgan fingerprint density at radius 2 is 2.08 bits per heavy atom. The van der Waals surface area contributed by atoms with Gasteiger partial charge in [-0.2, -0.15) is 13.2 Å². The van der Waals surface area contributed by atoms with Crippen molar-refractivity contribution in [3.05, 3.63) is 40.4 Å². The van der Waals surface area contributed by atoms with Crippen LogP contribution in [0.3, 0.4) is 0 Å². The van der Waals surface area contributed by atoms with E-state index in [0.29, 0.717) is 13.0 Å². The maximum atomic E-state index is 12.8. The number of hydrogen-bond acceptors (Lipinski definition) is 3. The molecule has 2 rings (SSSR count). The number of benzene rings is 1. The lowest BCUT2D eigenvalue weighted by atomic mass is 10.1. The van der Waals surface area contributed by atoms with Gasteiger partial charge in [-0.25, -0.2) is 12.7 Å². The predicted octanol–water partition coefficient (Wildman–Crippen LogP) is 2.52. The van der Waals surface area contributed by atoms with E-state index in [2.05, 4.69) is 5.32 Å². The summed E-state index contributed by atoms with van der Waals surface area (Å²) in [6.07, 6.45) is -1.70. The van der Waals surface area contributed by atoms with Gasteiger partial charge in [0.05, 0.1) is 16.3 Å². The lowest BCUT2D eigenvalue weighted by Crippen LogP contribution is -2.35. The standard InChI is InChI=1S/C15H16ClF3N2O3S/c16-13-4-2-11(10-12(13)15(17,18)19)3-5-14(22)20-6-8-21-7-1-9-25(21,23)24/h2-5,10H,1,6-9H2,(H,20,22). The first-order valence-corrected chi connectivity index (χ1v) is 9.39. The number of halogens is 4. The third-order valence-electron chi connectivity index (χ3n) is 3.59. The summed E-state index contributed by atoms with van der Waals surface area (Å²) in [5.74, 6) is -0.418. The SMILES string of the molecule is O=C(C=Cc1ccc(Cl)c(C(F)(F)F)c1)NCCN1CCCS1(=O)=O. The van der Waals surface area contributed by atoms with E-state index < -0.39 is 32.7 Å². The molecule has 1 heterocycles. The van der Waals surface area contributed by atoms with E-state index in [1.165, 1.54) is 16.4 Å². The molecule has 1 fully saturated rings. The van der Waals surface area contributed by atoms with Gasteiger partial charge < -0.3 is 5.32 Å². The van der Waals surface area contributed by atoms with Gasteiger partial charge in [-0.3, -0.25) is 4.79 Å². The molecule has 0 aliphatic carbocycles. The van der Waals surface area contributed by atoms with Crippen molar-refractivity contribution in [3.8, 4) is 0 Å². The molecule has 0 atom stereocenters. The van der Waals surface area contributed by atoms with Gasteiger partial charge in [-0.05, 0) is 30.2 Å². The summed E-state index contributed by atoms with van der Waals surface area (Å²) in [5.41, 5.74) is -0.801. The minimum atomic E-state index is -4.58. The smallest absolute Gasteiger partial charge is 0.351 e. The molecule has 1 amide bonds. The van der Waals surface area contributed by atoms with Crippen LogP contribution in [0.2, 0.25) is 5.02 Å². The Kier molecular flexibility index (Phi) is 6.12. The summed E-state index contributed by atoms with van der Waals surface area (Å²) in [6, 6.07) is 3.32. The number of sulfonamides is 1. The average molecular weight is 397 g/mol. The van der Waals surface area contributed by atoms with Crippen LogP contribution in [0.15, 0.2) is 24.3 Å². The number of carbonyl (C=O) groups excluding carboxylic acids is 1. The van der Waals surface area contributed by atoms with Gasteiger partial charge in [0.15, 0.2) is 0 Å². The Morgan fingerprint density at radius 3 is 2.68 bits per heavy atom. The maximum absolute atomic E-state index is 12.8. The van der Waals surface area contributed by atoms with Crippen molar-refractivity contribution in [1.29, 1.82) is 0 Å². The highest BCUT2D eigenvalue weighted by Gasteiger charge is 2.33. The van der Waals surface area contributed by atoms with Crippen molar-refractivity contribution >= 4 is 33.6 Å². The minimum Gasteiger partial charge on any atom is -0.351 e. The zero-order valence-corrected chi connectivity index (χ0v) is 14.6. The number of alkyl halides is 3. The van der Waals surface area contributed by atoms with E-state index >= 15 is 0 Å². The number of nitrogens with one attached hydrogen (secondary N) is 1. The molecular formula is C15H16ClF3N2O3S. The fourth-order valence-corrected chi connectivity index (χ4v) is 4.09. The predicted molar refractivity (Wildman–Crippen MR) is 88.5 cm³/mol. The Morgan fingerprint density at radius 1 is 1.36 bits per heavy atom. The van der Waals surface area contributed by atoms with Gasteiger partial charge in [0.2, 0.25) is 15.9 Å². The molecule has 25 heavy (non-hydrogen) atoms. The van der Waals surface area contributed by atoms with Crippen molar-refractivity contribution in [2.45, 2.75) is 12.6 Å². The van der Waals surface area contributed by atoms with Crippen LogP contribution in [0.4, 0.5) is 13.2 Å². The quantitative estimate of drug-likeness (QED) is 0.778. The first kappa shape index (κ1) is 19.7. The second kappa shape index (κ2) is 7.76. The molecule has 0 unspecified atom stereocenters. The molecule has 0 saturated carbocycles. The normalized spacial score (nSPS) is 17.9. The molecule has 1 aromatic carbocycles. The Bertz CT molecular complexity index is 779. The van der Waals surface area contributed by atoms with Crippen molar-refractivity contribution in [2.75, 3.05) is 25.4 Å². The Labute approximate surface area is 148 Å². The topological polar surface area (TPSA) is 66.5 Å². The molecule has 1 aliphatic heterocycles. The number of carbonyl (C=O) groups is 1. The van der Waals surface area contributed by atoms with Gasteiger partial charge in [0, 0.05) is 25.7 Å². The second-order valence-electron chi connectivity index (χ2n) is 5.43. The number of rotatable bonds is 5. The largest absolute Gasteiger partial charge is 0.417 e. The summed E-state index contributed by atoms with van der Waals surface area (Å²) in [5, 5.41) is 2.08. The fourth-order valence-electron chi connectivity index (χ4n) is 2.34. The van der Waals surface area contributed by atoms with E-state index in [9.17, 15) is 26.4 Å². The van der Waals surface area contributed by atoms with E-state index in [0.717, 1.165) is 18.2 Å². The van der Waals surface area contributed by atoms with Crippen LogP contribution >= 0.6 is 11.6 Å². The Balaban J connectivity index is 1.90. The van der Waals surface area contributed by atoms with E-state index in [-0.39, 0.29) is 24.4 Å². The third-order valence-corrected chi connectivity index (χ3v) is 5.87. The van der Waals surface area contributed by atoms with Crippen LogP contribution in [-0.2, 0) is 21.0 Å². The third kappa shape index (κ3) is 5.45. The average Bonchev–Trinajstić information content (AvgIpc) is 2.84. The van der Waals surface area contributed by atoms with Crippen LogP contribution in [0.1, 0.15) is 17.5 Å². The molecule has 5 nitrogen and oxygen atoms in total. The first-order chi connectivity index (χ1) is 11.6. The van der Waals surface area contributed by atoms with E-state index in [4.69, 9.17) is 11.6 Å². The van der Waals surface area contributed by atoms with Gasteiger partial charge >= 0.3 is 6.18 Å². The lowest BCUT2D eigenvalue weighted by Gasteiger charge is -2.13. The Hall–Kier alpha value is -1.58. The zero-order valence-electron chi connectivity index (χ0n) is 13.0. The minimum absolute atomic E-state index is 0.110. The second-order valence-corrected chi connectivity index (χ2v) is 7.93. The molecule has 0 spiro atoms. The van der Waals surface area contributed by atoms with Crippen LogP contribution in [0.5, 0.6) is 0 Å². The summed E-state index contributed by atoms with van der Waals surface area (Å²) < 4.78 is 62.8.